The summed E-state index contributed by atoms with van der Waals surface area (Å²) >= 11 is 0. The quantitative estimate of drug-likeness (QED) is 0.377. The minimum atomic E-state index is -1.19. The van der Waals surface area contributed by atoms with E-state index < -0.39 is 35.8 Å². The summed E-state index contributed by atoms with van der Waals surface area (Å²) in [5.74, 6) is -3.50. The number of carboxylic acids is 1. The second kappa shape index (κ2) is 12.7. The topological polar surface area (TPSA) is 119 Å². The van der Waals surface area contributed by atoms with E-state index in [-0.39, 0.29) is 38.4 Å². The highest BCUT2D eigenvalue weighted by atomic mass is 16.5. The number of hydrogen-bond acceptors (Lipinski definition) is 6. The van der Waals surface area contributed by atoms with Crippen molar-refractivity contribution in [3.8, 4) is 0 Å². The van der Waals surface area contributed by atoms with Crippen LogP contribution in [0.4, 0.5) is 4.79 Å². The number of hydrogen-bond donors (Lipinski definition) is 2. The summed E-state index contributed by atoms with van der Waals surface area (Å²) in [5, 5.41) is 11.7. The predicted molar refractivity (Wildman–Crippen MR) is 94.4 cm³/mol. The Morgan fingerprint density at radius 3 is 2.15 bits per heavy atom. The molecule has 0 spiro atoms. The van der Waals surface area contributed by atoms with Gasteiger partial charge in [-0.15, -0.1) is 0 Å². The van der Waals surface area contributed by atoms with E-state index in [0.29, 0.717) is 0 Å². The summed E-state index contributed by atoms with van der Waals surface area (Å²) in [6.45, 7) is 10.3. The van der Waals surface area contributed by atoms with Gasteiger partial charge in [-0.25, -0.2) is 4.79 Å². The number of esters is 1. The number of Topliss-reactive ketones (excluding diaryl/α,β-unsaturated/α-hetero) is 1. The molecule has 0 aliphatic heterocycles. The molecule has 0 fully saturated rings. The number of carbonyl (C=O) groups is 4. The van der Waals surface area contributed by atoms with Crippen molar-refractivity contribution in [1.82, 2.24) is 5.32 Å². The van der Waals surface area contributed by atoms with Crippen molar-refractivity contribution in [2.75, 3.05) is 13.2 Å². The molecule has 0 radical (unpaired) electrons. The van der Waals surface area contributed by atoms with Gasteiger partial charge in [-0.2, -0.15) is 0 Å². The van der Waals surface area contributed by atoms with Crippen molar-refractivity contribution >= 4 is 23.8 Å². The molecule has 0 saturated heterocycles. The molecule has 0 aromatic carbocycles. The molecule has 8 nitrogen and oxygen atoms in total. The number of carboxylic acid groups (broad SMARTS) is 1. The molecule has 2 atom stereocenters. The fourth-order valence-electron chi connectivity index (χ4n) is 2.12. The van der Waals surface area contributed by atoms with Crippen molar-refractivity contribution in [2.24, 2.45) is 11.8 Å². The highest BCUT2D eigenvalue weighted by molar-refractivity contribution is 5.90. The third-order valence-corrected chi connectivity index (χ3v) is 3.48. The molecule has 0 bridgehead atoms. The van der Waals surface area contributed by atoms with E-state index >= 15 is 0 Å². The van der Waals surface area contributed by atoms with Gasteiger partial charge in [0.15, 0.2) is 5.78 Å². The lowest BCUT2D eigenvalue weighted by Gasteiger charge is -2.22. The van der Waals surface area contributed by atoms with Gasteiger partial charge < -0.3 is 19.9 Å². The van der Waals surface area contributed by atoms with Crippen LogP contribution in [0.15, 0.2) is 25.3 Å². The molecule has 8 heteroatoms. The molecule has 0 rings (SSSR count). The third kappa shape index (κ3) is 9.61. The SMILES string of the molecule is C=CCOC(=O)CC[C@H](CC(=O)[C@@H](NC(=O)OCC=C)C(C)C)C(=O)O. The average Bonchev–Trinajstić information content (AvgIpc) is 2.58. The zero-order valence-corrected chi connectivity index (χ0v) is 15.2. The van der Waals surface area contributed by atoms with E-state index in [1.165, 1.54) is 12.2 Å². The summed E-state index contributed by atoms with van der Waals surface area (Å²) in [6.07, 6.45) is 1.53. The van der Waals surface area contributed by atoms with Crippen LogP contribution in [-0.4, -0.2) is 48.2 Å². The van der Waals surface area contributed by atoms with E-state index in [0.717, 1.165) is 0 Å². The first-order valence-electron chi connectivity index (χ1n) is 8.29. The summed E-state index contributed by atoms with van der Waals surface area (Å²) in [6, 6.07) is -0.887. The van der Waals surface area contributed by atoms with Crippen LogP contribution < -0.4 is 5.32 Å². The first kappa shape index (κ1) is 23.4. The standard InChI is InChI=1S/C18H27NO7/c1-5-9-25-15(21)8-7-13(17(22)23)11-14(20)16(12(3)4)19-18(24)26-10-6-2/h5-6,12-13,16H,1-2,7-11H2,3-4H3,(H,19,24)(H,22,23)/t13-,16+/m1/s1. The van der Waals surface area contributed by atoms with Crippen LogP contribution in [0.1, 0.15) is 33.1 Å². The van der Waals surface area contributed by atoms with Gasteiger partial charge in [0.25, 0.3) is 0 Å². The van der Waals surface area contributed by atoms with Gasteiger partial charge in [0.05, 0.1) is 12.0 Å². The first-order chi connectivity index (χ1) is 12.2. The molecule has 0 saturated carbocycles. The Labute approximate surface area is 153 Å². The predicted octanol–water partition coefficient (Wildman–Crippen LogP) is 2.09. The minimum absolute atomic E-state index is 0.00455. The molecule has 0 unspecified atom stereocenters. The van der Waals surface area contributed by atoms with Crippen molar-refractivity contribution in [1.29, 1.82) is 0 Å². The molecule has 0 aromatic rings. The second-order valence-electron chi connectivity index (χ2n) is 5.97. The smallest absolute Gasteiger partial charge is 0.408 e. The number of ketones is 1. The fourth-order valence-corrected chi connectivity index (χ4v) is 2.12. The summed E-state index contributed by atoms with van der Waals surface area (Å²) in [5.41, 5.74) is 0. The van der Waals surface area contributed by atoms with Crippen molar-refractivity contribution in [3.63, 3.8) is 0 Å². The lowest BCUT2D eigenvalue weighted by molar-refractivity contribution is -0.146. The minimum Gasteiger partial charge on any atom is -0.481 e. The van der Waals surface area contributed by atoms with Crippen LogP contribution in [0.2, 0.25) is 0 Å². The molecular formula is C18H27NO7. The van der Waals surface area contributed by atoms with Crippen LogP contribution in [-0.2, 0) is 23.9 Å². The number of rotatable bonds is 13. The van der Waals surface area contributed by atoms with Crippen molar-refractivity contribution < 1.29 is 33.8 Å². The molecule has 0 heterocycles. The monoisotopic (exact) mass is 369 g/mol. The Balaban J connectivity index is 4.79. The third-order valence-electron chi connectivity index (χ3n) is 3.48. The molecule has 0 aliphatic carbocycles. The van der Waals surface area contributed by atoms with Crippen LogP contribution in [0.5, 0.6) is 0 Å². The molecule has 26 heavy (non-hydrogen) atoms. The van der Waals surface area contributed by atoms with Crippen LogP contribution in [0, 0.1) is 11.8 Å². The molecule has 146 valence electrons. The molecular weight excluding hydrogens is 342 g/mol. The van der Waals surface area contributed by atoms with Gasteiger partial charge in [0.1, 0.15) is 13.2 Å². The van der Waals surface area contributed by atoms with Gasteiger partial charge in [-0.3, -0.25) is 14.4 Å². The van der Waals surface area contributed by atoms with E-state index in [1.54, 1.807) is 13.8 Å². The van der Waals surface area contributed by atoms with Gasteiger partial charge in [-0.05, 0) is 12.3 Å². The van der Waals surface area contributed by atoms with Crippen LogP contribution in [0.25, 0.3) is 0 Å². The maximum absolute atomic E-state index is 12.4. The Morgan fingerprint density at radius 2 is 1.65 bits per heavy atom. The molecule has 0 aromatic heterocycles. The Bertz CT molecular complexity index is 528. The molecule has 2 N–H and O–H groups in total. The maximum Gasteiger partial charge on any atom is 0.408 e. The van der Waals surface area contributed by atoms with E-state index in [4.69, 9.17) is 9.47 Å². The summed E-state index contributed by atoms with van der Waals surface area (Å²) < 4.78 is 9.57. The summed E-state index contributed by atoms with van der Waals surface area (Å²) in [4.78, 5) is 46.9. The van der Waals surface area contributed by atoms with E-state index in [9.17, 15) is 24.3 Å². The van der Waals surface area contributed by atoms with Gasteiger partial charge in [-0.1, -0.05) is 39.2 Å². The maximum atomic E-state index is 12.4. The Hall–Kier alpha value is -2.64. The molecule has 0 aliphatic rings. The highest BCUT2D eigenvalue weighted by Gasteiger charge is 2.30. The number of amides is 1. The number of ether oxygens (including phenoxy) is 2. The number of alkyl carbamates (subject to hydrolysis) is 1. The van der Waals surface area contributed by atoms with Crippen LogP contribution >= 0.6 is 0 Å². The Morgan fingerprint density at radius 1 is 1.08 bits per heavy atom. The lowest BCUT2D eigenvalue weighted by atomic mass is 9.90. The highest BCUT2D eigenvalue weighted by Crippen LogP contribution is 2.17. The number of aliphatic carboxylic acids is 1. The largest absolute Gasteiger partial charge is 0.481 e. The van der Waals surface area contributed by atoms with Gasteiger partial charge >= 0.3 is 18.0 Å². The van der Waals surface area contributed by atoms with Crippen LogP contribution in [0.3, 0.4) is 0 Å². The number of carbonyl (C=O) groups excluding carboxylic acids is 3. The first-order valence-corrected chi connectivity index (χ1v) is 8.29. The van der Waals surface area contributed by atoms with E-state index in [1.807, 2.05) is 0 Å². The van der Waals surface area contributed by atoms with Crippen molar-refractivity contribution in [3.05, 3.63) is 25.3 Å². The van der Waals surface area contributed by atoms with Crippen molar-refractivity contribution in [2.45, 2.75) is 39.2 Å². The zero-order chi connectivity index (χ0) is 20.1. The van der Waals surface area contributed by atoms with Gasteiger partial charge in [0.2, 0.25) is 0 Å². The normalized spacial score (nSPS) is 12.6. The second-order valence-corrected chi connectivity index (χ2v) is 5.97. The average molecular weight is 369 g/mol. The number of nitrogens with one attached hydrogen (secondary N) is 1. The van der Waals surface area contributed by atoms with Gasteiger partial charge in [0, 0.05) is 12.8 Å². The fraction of sp³-hybridized carbons (Fsp3) is 0.556. The molecule has 1 amide bonds. The zero-order valence-electron chi connectivity index (χ0n) is 15.2. The lowest BCUT2D eigenvalue weighted by Crippen LogP contribution is -2.45. The Kier molecular flexibility index (Phi) is 11.4. The summed E-state index contributed by atoms with van der Waals surface area (Å²) in [7, 11) is 0. The van der Waals surface area contributed by atoms with E-state index in [2.05, 4.69) is 18.5 Å².